The lowest BCUT2D eigenvalue weighted by molar-refractivity contribution is -0.889. The number of carbonyl (C=O) groups is 3. The molecule has 0 radical (unpaired) electrons. The maximum absolute atomic E-state index is 12.8. The summed E-state index contributed by atoms with van der Waals surface area (Å²) < 4.78 is 17.2. The summed E-state index contributed by atoms with van der Waals surface area (Å²) in [4.78, 5) is 37.0. The number of esters is 2. The van der Waals surface area contributed by atoms with E-state index in [4.69, 9.17) is 14.2 Å². The number of quaternary nitrogens is 1. The molecule has 0 aliphatic rings. The van der Waals surface area contributed by atoms with E-state index < -0.39 is 18.1 Å². The molecule has 0 aromatic heterocycles. The van der Waals surface area contributed by atoms with Gasteiger partial charge in [-0.3, -0.25) is 9.59 Å². The predicted octanol–water partition coefficient (Wildman–Crippen LogP) is 13.1. The van der Waals surface area contributed by atoms with Crippen molar-refractivity contribution in [2.45, 2.75) is 206 Å². The number of hydrogen-bond donors (Lipinski definition) is 0. The molecule has 63 heavy (non-hydrogen) atoms. The third kappa shape index (κ3) is 43.5. The first kappa shape index (κ1) is 59.5. The number of carboxylic acids is 1. The first-order valence-electron chi connectivity index (χ1n) is 25.1. The Morgan fingerprint density at radius 3 is 1.37 bits per heavy atom. The van der Waals surface area contributed by atoms with Crippen LogP contribution in [0.15, 0.2) is 85.1 Å². The highest BCUT2D eigenvalue weighted by atomic mass is 16.6. The SMILES string of the molecule is CC/C=C/C/C=C/C/C=C/C/C=C/C/C=C/CCCC(=O)OCC(COCCC(C(=O)[O-])[N+](C)(C)C)OC(=O)CCCCCCCCC/C=C/C/C=C/CCCCCCCCCC. The van der Waals surface area contributed by atoms with Gasteiger partial charge in [0.1, 0.15) is 12.6 Å². The van der Waals surface area contributed by atoms with Gasteiger partial charge >= 0.3 is 11.9 Å². The van der Waals surface area contributed by atoms with E-state index in [1.807, 2.05) is 0 Å². The van der Waals surface area contributed by atoms with Crippen LogP contribution in [0.5, 0.6) is 0 Å². The van der Waals surface area contributed by atoms with E-state index in [0.29, 0.717) is 12.8 Å². The topological polar surface area (TPSA) is 102 Å². The highest BCUT2D eigenvalue weighted by Crippen LogP contribution is 2.13. The lowest BCUT2D eigenvalue weighted by atomic mass is 10.1. The van der Waals surface area contributed by atoms with Crippen molar-refractivity contribution in [3.8, 4) is 0 Å². The van der Waals surface area contributed by atoms with Crippen molar-refractivity contribution in [2.24, 2.45) is 0 Å². The molecule has 2 atom stereocenters. The van der Waals surface area contributed by atoms with Crippen LogP contribution < -0.4 is 5.11 Å². The molecule has 0 amide bonds. The smallest absolute Gasteiger partial charge is 0.306 e. The number of allylic oxidation sites excluding steroid dienone is 14. The van der Waals surface area contributed by atoms with Gasteiger partial charge in [0.25, 0.3) is 0 Å². The van der Waals surface area contributed by atoms with Gasteiger partial charge < -0.3 is 28.6 Å². The molecule has 0 bridgehead atoms. The van der Waals surface area contributed by atoms with Gasteiger partial charge in [0.15, 0.2) is 6.10 Å². The number of carbonyl (C=O) groups excluding carboxylic acids is 3. The van der Waals surface area contributed by atoms with Crippen LogP contribution >= 0.6 is 0 Å². The molecule has 360 valence electrons. The van der Waals surface area contributed by atoms with Crippen LogP contribution in [0.25, 0.3) is 0 Å². The Balaban J connectivity index is 4.36. The Kier molecular flexibility index (Phi) is 42.6. The first-order chi connectivity index (χ1) is 30.6. The van der Waals surface area contributed by atoms with Gasteiger partial charge in [0, 0.05) is 19.3 Å². The molecule has 0 heterocycles. The third-order valence-corrected chi connectivity index (χ3v) is 10.8. The summed E-state index contributed by atoms with van der Waals surface area (Å²) >= 11 is 0. The number of carboxylic acid groups (broad SMARTS) is 1. The average Bonchev–Trinajstić information content (AvgIpc) is 3.24. The lowest BCUT2D eigenvalue weighted by Gasteiger charge is -2.34. The average molecular weight is 880 g/mol. The zero-order valence-electron chi connectivity index (χ0n) is 41.0. The van der Waals surface area contributed by atoms with Crippen LogP contribution in [0.1, 0.15) is 194 Å². The minimum atomic E-state index is -1.14. The highest BCUT2D eigenvalue weighted by molar-refractivity contribution is 5.70. The van der Waals surface area contributed by atoms with Crippen molar-refractivity contribution >= 4 is 17.9 Å². The van der Waals surface area contributed by atoms with Crippen LogP contribution in [0.4, 0.5) is 0 Å². The van der Waals surface area contributed by atoms with Gasteiger partial charge in [-0.05, 0) is 83.5 Å². The molecular formula is C55H93NO7. The van der Waals surface area contributed by atoms with Crippen LogP contribution in [-0.2, 0) is 28.6 Å². The van der Waals surface area contributed by atoms with E-state index in [-0.39, 0.29) is 49.1 Å². The van der Waals surface area contributed by atoms with E-state index in [1.165, 1.54) is 77.0 Å². The van der Waals surface area contributed by atoms with Crippen LogP contribution in [0.2, 0.25) is 0 Å². The maximum Gasteiger partial charge on any atom is 0.306 e. The zero-order chi connectivity index (χ0) is 46.3. The molecule has 0 saturated carbocycles. The Bertz CT molecular complexity index is 1300. The van der Waals surface area contributed by atoms with Crippen molar-refractivity contribution in [1.29, 1.82) is 0 Å². The maximum atomic E-state index is 12.8. The van der Waals surface area contributed by atoms with E-state index in [0.717, 1.165) is 77.0 Å². The Labute approximate surface area is 386 Å². The third-order valence-electron chi connectivity index (χ3n) is 10.8. The van der Waals surface area contributed by atoms with Gasteiger partial charge in [-0.2, -0.15) is 0 Å². The summed E-state index contributed by atoms with van der Waals surface area (Å²) in [5.41, 5.74) is 0. The Morgan fingerprint density at radius 1 is 0.492 bits per heavy atom. The predicted molar refractivity (Wildman–Crippen MR) is 263 cm³/mol. The monoisotopic (exact) mass is 880 g/mol. The fraction of sp³-hybridized carbons (Fsp3) is 0.691. The minimum Gasteiger partial charge on any atom is -0.544 e. The number of unbranched alkanes of at least 4 members (excludes halogenated alkanes) is 16. The minimum absolute atomic E-state index is 0.0151. The fourth-order valence-electron chi connectivity index (χ4n) is 6.90. The molecule has 0 aromatic carbocycles. The quantitative estimate of drug-likeness (QED) is 0.0260. The molecule has 0 aliphatic heterocycles. The molecule has 8 heteroatoms. The van der Waals surface area contributed by atoms with E-state index in [1.54, 1.807) is 21.1 Å². The summed E-state index contributed by atoms with van der Waals surface area (Å²) in [6.45, 7) is 4.48. The number of aliphatic carboxylic acids is 1. The molecule has 0 fully saturated rings. The number of ether oxygens (including phenoxy) is 3. The number of hydrogen-bond acceptors (Lipinski definition) is 7. The van der Waals surface area contributed by atoms with Crippen molar-refractivity contribution in [3.63, 3.8) is 0 Å². The molecule has 0 saturated heterocycles. The fourth-order valence-corrected chi connectivity index (χ4v) is 6.90. The normalized spacial score (nSPS) is 13.6. The standard InChI is InChI=1S/C55H93NO7/c1-6-8-10-12-14-16-18-20-22-24-25-26-27-28-30-32-34-36-38-40-42-44-46-54(58)63-51(49-61-48-47-52(55(59)60)56(3,4)5)50-62-53(57)45-43-41-39-37-35-33-31-29-23-21-19-17-15-13-11-9-7-2/h9,11,15,17,21,23-25,27-28,31,33,37,39,51-52H,6-8,10,12-14,16,18-20,22,26,29-30,32,34-36,38,40-50H2,1-5H3/b11-9+,17-15+,23-21+,25-24+,28-27+,33-31+,39-37+. The van der Waals surface area contributed by atoms with Crippen molar-refractivity contribution in [3.05, 3.63) is 85.1 Å². The van der Waals surface area contributed by atoms with Crippen LogP contribution in [0.3, 0.4) is 0 Å². The summed E-state index contributed by atoms with van der Waals surface area (Å²) in [6, 6.07) is -0.741. The van der Waals surface area contributed by atoms with E-state index in [2.05, 4.69) is 98.9 Å². The number of rotatable bonds is 44. The van der Waals surface area contributed by atoms with Gasteiger partial charge in [-0.15, -0.1) is 0 Å². The molecule has 0 rings (SSSR count). The second kappa shape index (κ2) is 45.1. The highest BCUT2D eigenvalue weighted by Gasteiger charge is 2.25. The number of nitrogens with zero attached hydrogens (tertiary/aromatic N) is 1. The van der Waals surface area contributed by atoms with Crippen molar-refractivity contribution < 1.29 is 38.2 Å². The van der Waals surface area contributed by atoms with E-state index >= 15 is 0 Å². The summed E-state index contributed by atoms with van der Waals surface area (Å²) in [5.74, 6) is -1.83. The number of likely N-dealkylation sites (N-methyl/N-ethyl adjacent to an activating group) is 1. The molecule has 0 spiro atoms. The molecule has 0 aromatic rings. The van der Waals surface area contributed by atoms with Gasteiger partial charge in [-0.25, -0.2) is 0 Å². The molecule has 0 N–H and O–H groups in total. The molecular weight excluding hydrogens is 787 g/mol. The summed E-state index contributed by atoms with van der Waals surface area (Å²) in [5, 5.41) is 11.7. The van der Waals surface area contributed by atoms with Gasteiger partial charge in [-0.1, -0.05) is 176 Å². The lowest BCUT2D eigenvalue weighted by Crippen LogP contribution is -2.55. The summed E-state index contributed by atoms with van der Waals surface area (Å²) in [7, 11) is 5.39. The van der Waals surface area contributed by atoms with Gasteiger partial charge in [0.05, 0.1) is 40.3 Å². The molecule has 0 aliphatic carbocycles. The van der Waals surface area contributed by atoms with Gasteiger partial charge in [0.2, 0.25) is 0 Å². The first-order valence-corrected chi connectivity index (χ1v) is 25.1. The van der Waals surface area contributed by atoms with Crippen molar-refractivity contribution in [1.82, 2.24) is 0 Å². The summed E-state index contributed by atoms with van der Waals surface area (Å²) in [6.07, 6.45) is 59.1. The van der Waals surface area contributed by atoms with Crippen LogP contribution in [0, 0.1) is 0 Å². The largest absolute Gasteiger partial charge is 0.544 e. The Morgan fingerprint density at radius 2 is 0.905 bits per heavy atom. The molecule has 8 nitrogen and oxygen atoms in total. The van der Waals surface area contributed by atoms with Crippen molar-refractivity contribution in [2.75, 3.05) is 41.0 Å². The van der Waals surface area contributed by atoms with Crippen LogP contribution in [-0.4, -0.2) is 75.5 Å². The Hall–Kier alpha value is -3.49. The molecule has 2 unspecified atom stereocenters. The van der Waals surface area contributed by atoms with E-state index in [9.17, 15) is 19.5 Å². The second-order valence-electron chi connectivity index (χ2n) is 17.7. The zero-order valence-corrected chi connectivity index (χ0v) is 41.0. The second-order valence-corrected chi connectivity index (χ2v) is 17.7.